The number of likely N-dealkylation sites (tertiary alicyclic amines) is 1. The summed E-state index contributed by atoms with van der Waals surface area (Å²) in [5.41, 5.74) is 6.67. The van der Waals surface area contributed by atoms with Crippen molar-refractivity contribution >= 4 is 5.84 Å². The molecular formula is C20H39N3. The predicted molar refractivity (Wildman–Crippen MR) is 101 cm³/mol. The molecule has 1 heterocycles. The van der Waals surface area contributed by atoms with Gasteiger partial charge >= 0.3 is 0 Å². The summed E-state index contributed by atoms with van der Waals surface area (Å²) in [7, 11) is 0. The summed E-state index contributed by atoms with van der Waals surface area (Å²) in [5.74, 6) is 2.09. The minimum Gasteiger partial charge on any atom is -0.355 e. The lowest BCUT2D eigenvalue weighted by Gasteiger charge is -2.48. The quantitative estimate of drug-likeness (QED) is 0.798. The summed E-state index contributed by atoms with van der Waals surface area (Å²) in [6, 6.07) is 1.57. The third kappa shape index (κ3) is 5.20. The van der Waals surface area contributed by atoms with Crippen molar-refractivity contribution in [3.8, 4) is 0 Å². The number of nitrogens with zero attached hydrogens (tertiary/aromatic N) is 2. The first kappa shape index (κ1) is 18.8. The molecule has 0 amide bonds. The molecule has 3 atom stereocenters. The van der Waals surface area contributed by atoms with Gasteiger partial charge in [-0.25, -0.2) is 0 Å². The number of nitrogens with two attached hydrogens (primary N) is 1. The second-order valence-corrected chi connectivity index (χ2v) is 8.82. The molecule has 3 heteroatoms. The van der Waals surface area contributed by atoms with Gasteiger partial charge in [0.1, 0.15) is 0 Å². The van der Waals surface area contributed by atoms with E-state index in [-0.39, 0.29) is 5.54 Å². The van der Waals surface area contributed by atoms with Gasteiger partial charge < -0.3 is 10.6 Å². The summed E-state index contributed by atoms with van der Waals surface area (Å²) in [4.78, 5) is 7.63. The highest BCUT2D eigenvalue weighted by Gasteiger charge is 2.38. The van der Waals surface area contributed by atoms with E-state index in [2.05, 4.69) is 39.5 Å². The molecular weight excluding hydrogens is 282 g/mol. The van der Waals surface area contributed by atoms with Gasteiger partial charge in [0.05, 0.1) is 5.84 Å². The Bertz CT molecular complexity index is 398. The Balaban J connectivity index is 2.25. The maximum atomic E-state index is 6.66. The average Bonchev–Trinajstić information content (AvgIpc) is 2.43. The summed E-state index contributed by atoms with van der Waals surface area (Å²) in [6.45, 7) is 11.3. The number of rotatable bonds is 2. The van der Waals surface area contributed by atoms with E-state index >= 15 is 0 Å². The fraction of sp³-hybridized carbons (Fsp3) is 0.950. The maximum absolute atomic E-state index is 6.66. The molecule has 3 nitrogen and oxygen atoms in total. The van der Waals surface area contributed by atoms with Crippen molar-refractivity contribution in [2.24, 2.45) is 16.6 Å². The van der Waals surface area contributed by atoms with Gasteiger partial charge in [0.25, 0.3) is 0 Å². The van der Waals surface area contributed by atoms with Crippen LogP contribution in [-0.4, -0.2) is 34.4 Å². The van der Waals surface area contributed by atoms with Crippen LogP contribution in [0.5, 0.6) is 0 Å². The lowest BCUT2D eigenvalue weighted by molar-refractivity contribution is 0.116. The molecule has 1 saturated carbocycles. The molecule has 0 aromatic rings. The number of piperidine rings is 1. The molecule has 3 unspecified atom stereocenters. The molecule has 0 radical (unpaired) electrons. The Hall–Kier alpha value is -0.570. The molecule has 0 spiro atoms. The minimum atomic E-state index is 0.00952. The van der Waals surface area contributed by atoms with Crippen molar-refractivity contribution < 1.29 is 0 Å². The standard InChI is InChI=1S/C20H39N3/c1-15(2)22-19-12-11-17-14-20(5,21)13-9-7-6-8-10-18(17)23(19)16(3)4/h15-18H,6-14,21H2,1-5H3. The monoisotopic (exact) mass is 321 g/mol. The van der Waals surface area contributed by atoms with E-state index in [1.165, 1.54) is 57.2 Å². The van der Waals surface area contributed by atoms with E-state index in [0.717, 1.165) is 12.3 Å². The highest BCUT2D eigenvalue weighted by Crippen LogP contribution is 2.37. The first-order chi connectivity index (χ1) is 10.8. The molecule has 0 aromatic heterocycles. The van der Waals surface area contributed by atoms with E-state index < -0.39 is 0 Å². The first-order valence-corrected chi connectivity index (χ1v) is 9.94. The smallest absolute Gasteiger partial charge is 0.0997 e. The molecule has 2 aliphatic rings. The maximum Gasteiger partial charge on any atom is 0.0997 e. The van der Waals surface area contributed by atoms with Crippen molar-refractivity contribution in [2.45, 2.75) is 116 Å². The van der Waals surface area contributed by atoms with Crippen molar-refractivity contribution in [3.63, 3.8) is 0 Å². The number of aliphatic imine (C=N–C) groups is 1. The molecule has 0 aromatic carbocycles. The third-order valence-electron chi connectivity index (χ3n) is 5.63. The van der Waals surface area contributed by atoms with Crippen LogP contribution in [0.2, 0.25) is 0 Å². The van der Waals surface area contributed by atoms with E-state index in [1.807, 2.05) is 0 Å². The summed E-state index contributed by atoms with van der Waals surface area (Å²) in [6.07, 6.45) is 11.5. The van der Waals surface area contributed by atoms with Crippen molar-refractivity contribution in [3.05, 3.63) is 0 Å². The van der Waals surface area contributed by atoms with Crippen LogP contribution in [0.3, 0.4) is 0 Å². The number of hydrogen-bond acceptors (Lipinski definition) is 2. The highest BCUT2D eigenvalue weighted by molar-refractivity contribution is 5.84. The number of hydrogen-bond donors (Lipinski definition) is 1. The molecule has 2 rings (SSSR count). The zero-order valence-corrected chi connectivity index (χ0v) is 16.1. The second kappa shape index (κ2) is 8.00. The van der Waals surface area contributed by atoms with Gasteiger partial charge in [-0.2, -0.15) is 0 Å². The number of amidine groups is 1. The van der Waals surface area contributed by atoms with Gasteiger partial charge in [0, 0.05) is 30.1 Å². The van der Waals surface area contributed by atoms with Crippen molar-refractivity contribution in [1.82, 2.24) is 4.90 Å². The van der Waals surface area contributed by atoms with Crippen LogP contribution >= 0.6 is 0 Å². The molecule has 1 aliphatic heterocycles. The molecule has 134 valence electrons. The minimum absolute atomic E-state index is 0.00952. The van der Waals surface area contributed by atoms with Gasteiger partial charge in [-0.15, -0.1) is 0 Å². The molecule has 0 bridgehead atoms. The summed E-state index contributed by atoms with van der Waals surface area (Å²) >= 11 is 0. The summed E-state index contributed by atoms with van der Waals surface area (Å²) in [5, 5.41) is 0. The zero-order valence-electron chi connectivity index (χ0n) is 16.1. The average molecular weight is 322 g/mol. The zero-order chi connectivity index (χ0) is 17.0. The van der Waals surface area contributed by atoms with E-state index in [4.69, 9.17) is 10.7 Å². The summed E-state index contributed by atoms with van der Waals surface area (Å²) < 4.78 is 0. The van der Waals surface area contributed by atoms with Crippen LogP contribution in [0.25, 0.3) is 0 Å². The van der Waals surface area contributed by atoms with Crippen molar-refractivity contribution in [2.75, 3.05) is 0 Å². The van der Waals surface area contributed by atoms with Crippen LogP contribution in [0, 0.1) is 5.92 Å². The van der Waals surface area contributed by atoms with E-state index in [0.29, 0.717) is 18.1 Å². The Morgan fingerprint density at radius 3 is 2.43 bits per heavy atom. The largest absolute Gasteiger partial charge is 0.355 e. The Morgan fingerprint density at radius 1 is 1.09 bits per heavy atom. The molecule has 1 saturated heterocycles. The molecule has 1 aliphatic carbocycles. The topological polar surface area (TPSA) is 41.6 Å². The second-order valence-electron chi connectivity index (χ2n) is 8.82. The van der Waals surface area contributed by atoms with E-state index in [9.17, 15) is 0 Å². The van der Waals surface area contributed by atoms with Crippen molar-refractivity contribution in [1.29, 1.82) is 0 Å². The molecule has 2 fully saturated rings. The predicted octanol–water partition coefficient (Wildman–Crippen LogP) is 4.74. The van der Waals surface area contributed by atoms with Gasteiger partial charge in [0.15, 0.2) is 0 Å². The van der Waals surface area contributed by atoms with Gasteiger partial charge in [-0.05, 0) is 66.2 Å². The van der Waals surface area contributed by atoms with Crippen LogP contribution in [0.15, 0.2) is 4.99 Å². The third-order valence-corrected chi connectivity index (χ3v) is 5.63. The Morgan fingerprint density at radius 2 is 1.78 bits per heavy atom. The van der Waals surface area contributed by atoms with E-state index in [1.54, 1.807) is 0 Å². The molecule has 2 N–H and O–H groups in total. The lowest BCUT2D eigenvalue weighted by atomic mass is 9.75. The SMILES string of the molecule is CC(C)N=C1CCC2CC(C)(N)CCCCCCC2N1C(C)C. The fourth-order valence-corrected chi connectivity index (χ4v) is 4.71. The fourth-order valence-electron chi connectivity index (χ4n) is 4.71. The highest BCUT2D eigenvalue weighted by atomic mass is 15.2. The van der Waals surface area contributed by atoms with Gasteiger partial charge in [0.2, 0.25) is 0 Å². The first-order valence-electron chi connectivity index (χ1n) is 9.94. The Labute approximate surface area is 144 Å². The van der Waals surface area contributed by atoms with Gasteiger partial charge in [-0.1, -0.05) is 25.7 Å². The van der Waals surface area contributed by atoms with Crippen LogP contribution in [0.4, 0.5) is 0 Å². The molecule has 23 heavy (non-hydrogen) atoms. The van der Waals surface area contributed by atoms with Crippen LogP contribution in [0.1, 0.15) is 92.4 Å². The number of fused-ring (bicyclic) bond motifs is 1. The van der Waals surface area contributed by atoms with Crippen LogP contribution in [-0.2, 0) is 0 Å². The van der Waals surface area contributed by atoms with Crippen LogP contribution < -0.4 is 5.73 Å². The van der Waals surface area contributed by atoms with Gasteiger partial charge in [-0.3, -0.25) is 4.99 Å². The Kier molecular flexibility index (Phi) is 6.53. The normalized spacial score (nSPS) is 35.7. The lowest BCUT2D eigenvalue weighted by Crippen LogP contribution is -2.54.